The molecule has 6 heteroatoms. The summed E-state index contributed by atoms with van der Waals surface area (Å²) < 4.78 is 5.50. The molecule has 0 amide bonds. The summed E-state index contributed by atoms with van der Waals surface area (Å²) in [6, 6.07) is 11.6. The number of thioether (sulfide) groups is 1. The minimum atomic E-state index is -0.524. The number of nitrogens with one attached hydrogen (secondary N) is 1. The maximum atomic E-state index is 12.4. The number of benzene rings is 1. The second-order valence-corrected chi connectivity index (χ2v) is 6.14. The number of aromatic amines is 1. The minimum absolute atomic E-state index is 0.0453. The highest BCUT2D eigenvalue weighted by atomic mass is 32.2. The number of hydrogen-bond acceptors (Lipinski definition) is 5. The van der Waals surface area contributed by atoms with Crippen LogP contribution in [0.1, 0.15) is 22.7 Å². The molecule has 1 aliphatic rings. The molecule has 0 fully saturated rings. The van der Waals surface area contributed by atoms with Gasteiger partial charge in [0.15, 0.2) is 0 Å². The maximum Gasteiger partial charge on any atom is 0.256 e. The van der Waals surface area contributed by atoms with Crippen molar-refractivity contribution in [1.82, 2.24) is 4.98 Å². The highest BCUT2D eigenvalue weighted by Crippen LogP contribution is 2.40. The Kier molecular flexibility index (Phi) is 3.89. The molecule has 5 nitrogen and oxygen atoms in total. The smallest absolute Gasteiger partial charge is 0.256 e. The van der Waals surface area contributed by atoms with Gasteiger partial charge in [-0.2, -0.15) is 5.26 Å². The van der Waals surface area contributed by atoms with Gasteiger partial charge in [0.25, 0.3) is 5.56 Å². The third-order valence-electron chi connectivity index (χ3n) is 3.80. The Morgan fingerprint density at radius 2 is 2.04 bits per heavy atom. The summed E-state index contributed by atoms with van der Waals surface area (Å²) in [7, 11) is 0. The lowest BCUT2D eigenvalue weighted by molar-refractivity contribution is 0.391. The van der Waals surface area contributed by atoms with E-state index in [1.807, 2.05) is 30.5 Å². The Bertz CT molecular complexity index is 892. The van der Waals surface area contributed by atoms with Crippen molar-refractivity contribution in [3.63, 3.8) is 0 Å². The Morgan fingerprint density at radius 1 is 1.35 bits per heavy atom. The van der Waals surface area contributed by atoms with Gasteiger partial charge in [-0.3, -0.25) is 4.79 Å². The molecule has 0 aliphatic carbocycles. The summed E-state index contributed by atoms with van der Waals surface area (Å²) in [5.41, 5.74) is 7.82. The van der Waals surface area contributed by atoms with Gasteiger partial charge in [0.05, 0.1) is 11.5 Å². The lowest BCUT2D eigenvalue weighted by Gasteiger charge is -2.25. The standard InChI is InChI=1S/C17H15N3O2S/c1-9-7-13-15(17(21)20-9)14(12(8-18)16(19)22-13)10-3-5-11(23-2)6-4-10/h3-7,14H,19H2,1-2H3,(H,20,21)/t14-/m0/s1. The molecule has 1 aromatic carbocycles. The summed E-state index contributed by atoms with van der Waals surface area (Å²) in [4.78, 5) is 16.3. The van der Waals surface area contributed by atoms with Crippen LogP contribution < -0.4 is 16.0 Å². The number of allylic oxidation sites excluding steroid dienone is 1. The molecule has 1 aromatic heterocycles. The van der Waals surface area contributed by atoms with Gasteiger partial charge >= 0.3 is 0 Å². The zero-order chi connectivity index (χ0) is 16.6. The lowest BCUT2D eigenvalue weighted by atomic mass is 9.84. The SMILES string of the molecule is CSc1ccc([C@H]2C(C#N)=C(N)Oc3cc(C)[nH]c(=O)c32)cc1. The fourth-order valence-corrected chi connectivity index (χ4v) is 3.14. The average molecular weight is 325 g/mol. The molecule has 3 N–H and O–H groups in total. The van der Waals surface area contributed by atoms with Crippen LogP contribution in [0.2, 0.25) is 0 Å². The summed E-state index contributed by atoms with van der Waals surface area (Å²) in [5, 5.41) is 9.48. The number of H-pyrrole nitrogens is 1. The van der Waals surface area contributed by atoms with E-state index in [4.69, 9.17) is 10.5 Å². The normalized spacial score (nSPS) is 16.5. The first-order valence-corrected chi connectivity index (χ1v) is 8.23. The van der Waals surface area contributed by atoms with Crippen molar-refractivity contribution in [2.45, 2.75) is 17.7 Å². The van der Waals surface area contributed by atoms with Crippen LogP contribution in [-0.2, 0) is 0 Å². The Hall–Kier alpha value is -2.65. The van der Waals surface area contributed by atoms with Crippen LogP contribution in [0.3, 0.4) is 0 Å². The molecule has 0 radical (unpaired) electrons. The summed E-state index contributed by atoms with van der Waals surface area (Å²) in [6.07, 6.45) is 1.99. The van der Waals surface area contributed by atoms with Crippen molar-refractivity contribution in [3.8, 4) is 11.8 Å². The number of fused-ring (bicyclic) bond motifs is 1. The molecule has 1 aliphatic heterocycles. The summed E-state index contributed by atoms with van der Waals surface area (Å²) in [6.45, 7) is 1.77. The van der Waals surface area contributed by atoms with E-state index >= 15 is 0 Å². The first-order chi connectivity index (χ1) is 11.0. The number of nitrogens with zero attached hydrogens (tertiary/aromatic N) is 1. The van der Waals surface area contributed by atoms with Crippen LogP contribution >= 0.6 is 11.8 Å². The van der Waals surface area contributed by atoms with Crippen molar-refractivity contribution in [1.29, 1.82) is 5.26 Å². The number of pyridine rings is 1. The number of aromatic nitrogens is 1. The average Bonchev–Trinajstić information content (AvgIpc) is 2.53. The fraction of sp³-hybridized carbons (Fsp3) is 0.176. The van der Waals surface area contributed by atoms with E-state index < -0.39 is 5.92 Å². The van der Waals surface area contributed by atoms with Crippen LogP contribution in [0.5, 0.6) is 5.75 Å². The molecule has 23 heavy (non-hydrogen) atoms. The van der Waals surface area contributed by atoms with Crippen LogP contribution in [0.4, 0.5) is 0 Å². The van der Waals surface area contributed by atoms with E-state index in [0.717, 1.165) is 10.5 Å². The Morgan fingerprint density at radius 3 is 2.65 bits per heavy atom. The number of nitriles is 1. The maximum absolute atomic E-state index is 12.4. The van der Waals surface area contributed by atoms with E-state index in [1.165, 1.54) is 0 Å². The van der Waals surface area contributed by atoms with Crippen LogP contribution in [0.25, 0.3) is 0 Å². The number of aryl methyl sites for hydroxylation is 1. The van der Waals surface area contributed by atoms with Crippen molar-refractivity contribution < 1.29 is 4.74 Å². The molecule has 116 valence electrons. The third kappa shape index (κ3) is 2.60. The monoisotopic (exact) mass is 325 g/mol. The van der Waals surface area contributed by atoms with Crippen molar-refractivity contribution in [2.75, 3.05) is 6.26 Å². The van der Waals surface area contributed by atoms with E-state index in [2.05, 4.69) is 11.1 Å². The quantitative estimate of drug-likeness (QED) is 0.828. The van der Waals surface area contributed by atoms with Gasteiger partial charge < -0.3 is 15.5 Å². The number of nitrogens with two attached hydrogens (primary N) is 1. The molecule has 0 saturated heterocycles. The van der Waals surface area contributed by atoms with Crippen molar-refractivity contribution in [3.05, 3.63) is 69.0 Å². The second-order valence-electron chi connectivity index (χ2n) is 5.26. The zero-order valence-corrected chi connectivity index (χ0v) is 13.5. The van der Waals surface area contributed by atoms with E-state index in [9.17, 15) is 10.1 Å². The van der Waals surface area contributed by atoms with Gasteiger partial charge in [0.1, 0.15) is 17.4 Å². The largest absolute Gasteiger partial charge is 0.440 e. The summed E-state index contributed by atoms with van der Waals surface area (Å²) >= 11 is 1.63. The topological polar surface area (TPSA) is 91.9 Å². The van der Waals surface area contributed by atoms with E-state index in [0.29, 0.717) is 17.0 Å². The predicted molar refractivity (Wildman–Crippen MR) is 89.3 cm³/mol. The molecule has 3 rings (SSSR count). The fourth-order valence-electron chi connectivity index (χ4n) is 2.74. The van der Waals surface area contributed by atoms with Gasteiger partial charge in [0, 0.05) is 16.7 Å². The predicted octanol–water partition coefficient (Wildman–Crippen LogP) is 2.62. The van der Waals surface area contributed by atoms with Crippen molar-refractivity contribution in [2.24, 2.45) is 5.73 Å². The molecular weight excluding hydrogens is 310 g/mol. The lowest BCUT2D eigenvalue weighted by Crippen LogP contribution is -2.28. The second kappa shape index (κ2) is 5.86. The molecule has 2 aromatic rings. The van der Waals surface area contributed by atoms with Gasteiger partial charge in [-0.05, 0) is 30.9 Å². The van der Waals surface area contributed by atoms with Gasteiger partial charge in [0.2, 0.25) is 5.88 Å². The Labute approximate surface area is 137 Å². The zero-order valence-electron chi connectivity index (χ0n) is 12.7. The molecule has 0 bridgehead atoms. The van der Waals surface area contributed by atoms with Crippen molar-refractivity contribution >= 4 is 11.8 Å². The molecule has 0 unspecified atom stereocenters. The first-order valence-electron chi connectivity index (χ1n) is 7.00. The van der Waals surface area contributed by atoms with E-state index in [-0.39, 0.29) is 17.0 Å². The van der Waals surface area contributed by atoms with Gasteiger partial charge in [-0.25, -0.2) is 0 Å². The molecule has 1 atom stereocenters. The minimum Gasteiger partial charge on any atom is -0.440 e. The summed E-state index contributed by atoms with van der Waals surface area (Å²) in [5.74, 6) is -0.0744. The van der Waals surface area contributed by atoms with Crippen LogP contribution in [0, 0.1) is 18.3 Å². The molecular formula is C17H15N3O2S. The Balaban J connectivity index is 2.24. The highest BCUT2D eigenvalue weighted by Gasteiger charge is 2.33. The molecule has 0 spiro atoms. The molecule has 0 saturated carbocycles. The third-order valence-corrected chi connectivity index (χ3v) is 4.54. The number of rotatable bonds is 2. The molecule has 2 heterocycles. The first kappa shape index (κ1) is 15.3. The van der Waals surface area contributed by atoms with E-state index in [1.54, 1.807) is 24.8 Å². The highest BCUT2D eigenvalue weighted by molar-refractivity contribution is 7.98. The van der Waals surface area contributed by atoms with Crippen LogP contribution in [0.15, 0.2) is 51.5 Å². The number of ether oxygens (including phenoxy) is 1. The number of hydrogen-bond donors (Lipinski definition) is 2. The van der Waals surface area contributed by atoms with Gasteiger partial charge in [-0.15, -0.1) is 11.8 Å². The van der Waals surface area contributed by atoms with Gasteiger partial charge in [-0.1, -0.05) is 12.1 Å². The van der Waals surface area contributed by atoms with Crippen LogP contribution in [-0.4, -0.2) is 11.2 Å².